The fourth-order valence-electron chi connectivity index (χ4n) is 15.1. The molecular formula is C72H63N3. The van der Waals surface area contributed by atoms with Crippen LogP contribution in [-0.4, -0.2) is 10.6 Å². The zero-order valence-electron chi connectivity index (χ0n) is 44.5. The maximum atomic E-state index is 2.74. The number of rotatable bonds is 7. The Kier molecular flexibility index (Phi) is 9.13. The number of nitrogens with zero attached hydrogens (tertiary/aromatic N) is 3. The number of allylic oxidation sites excluding steroid dienone is 4. The Labute approximate surface area is 442 Å². The molecule has 0 radical (unpaired) electrons. The minimum absolute atomic E-state index is 0.0349. The van der Waals surface area contributed by atoms with Gasteiger partial charge in [0.1, 0.15) is 0 Å². The standard InChI is InChI=1S/C72H63N3/c1-69(2)58-26-17-15-24-52(58)54-36-34-49(41-62(54)69)74(50-35-37-55-53-25-16-18-27-59(53)70(3,4)63(55)42-50)51-40-57-56-38-45(44-30-32-48(33-31-44)73(46-20-11-9-12-21-46)47-22-13-10-14-23-47)39-64-66(56)75-67(57)65(43-51)72(7,8)61-29-19-28-60(68(61)75)71(64,5)6/h9-17,19-26,28-42,51H,18,27,43H2,1-8H3. The summed E-state index contributed by atoms with van der Waals surface area (Å²) in [5.41, 5.74) is 27.7. The lowest BCUT2D eigenvalue weighted by molar-refractivity contribution is 0.585. The highest BCUT2D eigenvalue weighted by Gasteiger charge is 2.46. The van der Waals surface area contributed by atoms with E-state index >= 15 is 0 Å². The third-order valence-electron chi connectivity index (χ3n) is 19.0. The van der Waals surface area contributed by atoms with E-state index < -0.39 is 0 Å². The molecule has 75 heavy (non-hydrogen) atoms. The Morgan fingerprint density at radius 2 is 1.01 bits per heavy atom. The normalized spacial score (nSPS) is 18.8. The molecule has 3 heteroatoms. The average Bonchev–Trinajstić information content (AvgIpc) is 4.23. The topological polar surface area (TPSA) is 11.4 Å². The predicted octanol–water partition coefficient (Wildman–Crippen LogP) is 16.9. The van der Waals surface area contributed by atoms with E-state index in [1.54, 1.807) is 5.57 Å². The highest BCUT2D eigenvalue weighted by molar-refractivity contribution is 5.98. The summed E-state index contributed by atoms with van der Waals surface area (Å²) in [4.78, 5) is 5.09. The molecule has 4 aliphatic carbocycles. The van der Waals surface area contributed by atoms with Gasteiger partial charge >= 0.3 is 0 Å². The van der Waals surface area contributed by atoms with Gasteiger partial charge in [-0.1, -0.05) is 182 Å². The van der Waals surface area contributed by atoms with Crippen molar-refractivity contribution >= 4 is 56.6 Å². The van der Waals surface area contributed by atoms with Crippen LogP contribution in [0.3, 0.4) is 0 Å². The van der Waals surface area contributed by atoms with Gasteiger partial charge in [0.2, 0.25) is 0 Å². The van der Waals surface area contributed by atoms with Crippen molar-refractivity contribution in [1.82, 2.24) is 4.57 Å². The third kappa shape index (κ3) is 6.04. The number of fused-ring (bicyclic) bond motifs is 6. The maximum absolute atomic E-state index is 2.74. The molecule has 3 nitrogen and oxygen atoms in total. The lowest BCUT2D eigenvalue weighted by Gasteiger charge is -2.44. The van der Waals surface area contributed by atoms with Gasteiger partial charge in [0.15, 0.2) is 0 Å². The van der Waals surface area contributed by atoms with E-state index in [0.29, 0.717) is 0 Å². The Morgan fingerprint density at radius 3 is 1.72 bits per heavy atom. The van der Waals surface area contributed by atoms with Crippen LogP contribution in [0.2, 0.25) is 0 Å². The van der Waals surface area contributed by atoms with Gasteiger partial charge in [0.05, 0.1) is 22.6 Å². The molecule has 8 aromatic carbocycles. The molecule has 0 amide bonds. The van der Waals surface area contributed by atoms with E-state index in [2.05, 4.69) is 264 Å². The molecule has 3 heterocycles. The summed E-state index contributed by atoms with van der Waals surface area (Å²) in [6.45, 7) is 19.7. The summed E-state index contributed by atoms with van der Waals surface area (Å²) in [5, 5.41) is 4.11. The maximum Gasteiger partial charge on any atom is 0.0582 e. The fraction of sp³-hybridized carbons (Fsp3) is 0.222. The van der Waals surface area contributed by atoms with Crippen LogP contribution >= 0.6 is 0 Å². The van der Waals surface area contributed by atoms with Crippen LogP contribution < -0.4 is 20.4 Å². The number of hydrogen-bond donors (Lipinski definition) is 0. The van der Waals surface area contributed by atoms with Crippen molar-refractivity contribution in [2.75, 3.05) is 9.80 Å². The Bertz CT molecular complexity index is 4100. The molecule has 0 saturated heterocycles. The van der Waals surface area contributed by atoms with E-state index in [4.69, 9.17) is 0 Å². The van der Waals surface area contributed by atoms with E-state index in [0.717, 1.165) is 36.3 Å². The highest BCUT2D eigenvalue weighted by atomic mass is 15.2. The van der Waals surface area contributed by atoms with Gasteiger partial charge in [-0.15, -0.1) is 0 Å². The smallest absolute Gasteiger partial charge is 0.0582 e. The van der Waals surface area contributed by atoms with Gasteiger partial charge < -0.3 is 14.4 Å². The van der Waals surface area contributed by atoms with Crippen LogP contribution in [0.25, 0.3) is 56.1 Å². The van der Waals surface area contributed by atoms with Crippen molar-refractivity contribution in [1.29, 1.82) is 0 Å². The van der Waals surface area contributed by atoms with Crippen LogP contribution in [0.4, 0.5) is 28.4 Å². The van der Waals surface area contributed by atoms with Gasteiger partial charge in [-0.2, -0.15) is 0 Å². The van der Waals surface area contributed by atoms with Crippen LogP contribution in [-0.2, 0) is 21.7 Å². The van der Waals surface area contributed by atoms with Crippen molar-refractivity contribution < 1.29 is 0 Å². The van der Waals surface area contributed by atoms with Crippen molar-refractivity contribution in [2.45, 2.75) is 102 Å². The van der Waals surface area contributed by atoms with Gasteiger partial charge in [-0.05, 0) is 164 Å². The summed E-state index contributed by atoms with van der Waals surface area (Å²) in [6.07, 6.45) is 10.6. The van der Waals surface area contributed by atoms with Crippen LogP contribution in [0.5, 0.6) is 0 Å². The molecule has 9 aromatic rings. The molecule has 1 atom stereocenters. The molecule has 366 valence electrons. The number of aromatic nitrogens is 1. The largest absolute Gasteiger partial charge is 0.334 e. The van der Waals surface area contributed by atoms with Gasteiger partial charge in [-0.3, -0.25) is 0 Å². The minimum atomic E-state index is -0.235. The van der Waals surface area contributed by atoms with Gasteiger partial charge in [0, 0.05) is 60.7 Å². The van der Waals surface area contributed by atoms with Crippen LogP contribution in [0, 0.1) is 0 Å². The molecule has 0 bridgehead atoms. The lowest BCUT2D eigenvalue weighted by atomic mass is 9.67. The molecule has 2 aliphatic heterocycles. The monoisotopic (exact) mass is 970 g/mol. The second-order valence-corrected chi connectivity index (χ2v) is 24.4. The summed E-state index contributed by atoms with van der Waals surface area (Å²) in [5.74, 6) is 0. The van der Waals surface area contributed by atoms with E-state index in [1.165, 1.54) is 111 Å². The second-order valence-electron chi connectivity index (χ2n) is 24.4. The number of benzene rings is 8. The Balaban J connectivity index is 0.961. The van der Waals surface area contributed by atoms with Crippen LogP contribution in [0.1, 0.15) is 114 Å². The van der Waals surface area contributed by atoms with Gasteiger partial charge in [0.25, 0.3) is 0 Å². The molecule has 0 saturated carbocycles. The third-order valence-corrected chi connectivity index (χ3v) is 19.0. The van der Waals surface area contributed by atoms with Crippen molar-refractivity contribution in [2.24, 2.45) is 0 Å². The first kappa shape index (κ1) is 44.6. The molecule has 6 aliphatic rings. The molecule has 0 spiro atoms. The summed E-state index contributed by atoms with van der Waals surface area (Å²) < 4.78 is 2.72. The van der Waals surface area contributed by atoms with Crippen molar-refractivity contribution in [3.8, 4) is 27.9 Å². The van der Waals surface area contributed by atoms with E-state index in [-0.39, 0.29) is 27.7 Å². The van der Waals surface area contributed by atoms with Gasteiger partial charge in [-0.25, -0.2) is 0 Å². The quantitative estimate of drug-likeness (QED) is 0.158. The van der Waals surface area contributed by atoms with Crippen molar-refractivity contribution in [3.05, 3.63) is 243 Å². The Hall–Kier alpha value is -7.88. The number of hydrogen-bond acceptors (Lipinski definition) is 2. The predicted molar refractivity (Wildman–Crippen MR) is 315 cm³/mol. The molecule has 1 unspecified atom stereocenters. The number of anilines is 5. The SMILES string of the molecule is CC1(C)C2=C(C=CCC2)c2ccc(N(c3ccc4c(c3)C(C)(C)c3ccccc3-4)C3C=c4c5n6c7c(cc(-c8ccc(N(c9ccccc9)c9ccccc9)cc8)cc47)C(C)(C)c4cccc(c4-6)C(C)(C)C=5C3)cc21. The summed E-state index contributed by atoms with van der Waals surface area (Å²) in [7, 11) is 0. The molecular weight excluding hydrogens is 907 g/mol. The Morgan fingerprint density at radius 1 is 0.453 bits per heavy atom. The minimum Gasteiger partial charge on any atom is -0.334 e. The number of para-hydroxylation sites is 3. The highest BCUT2D eigenvalue weighted by Crippen LogP contribution is 2.56. The van der Waals surface area contributed by atoms with Crippen molar-refractivity contribution in [3.63, 3.8) is 0 Å². The molecule has 1 aromatic heterocycles. The first-order chi connectivity index (χ1) is 36.2. The molecule has 0 fully saturated rings. The zero-order chi connectivity index (χ0) is 50.9. The second kappa shape index (κ2) is 15.4. The fourth-order valence-corrected chi connectivity index (χ4v) is 15.1. The van der Waals surface area contributed by atoms with E-state index in [9.17, 15) is 0 Å². The summed E-state index contributed by atoms with van der Waals surface area (Å²) in [6, 6.07) is 66.9. The summed E-state index contributed by atoms with van der Waals surface area (Å²) >= 11 is 0. The first-order valence-electron chi connectivity index (χ1n) is 27.4. The first-order valence-corrected chi connectivity index (χ1v) is 27.4. The van der Waals surface area contributed by atoms with E-state index in [1.807, 2.05) is 0 Å². The molecule has 15 rings (SSSR count). The lowest BCUT2D eigenvalue weighted by Crippen LogP contribution is -2.49. The van der Waals surface area contributed by atoms with Crippen LogP contribution in [0.15, 0.2) is 194 Å². The zero-order valence-corrected chi connectivity index (χ0v) is 44.5. The average molecular weight is 970 g/mol. The molecule has 0 N–H and O–H groups in total.